The summed E-state index contributed by atoms with van der Waals surface area (Å²) in [5, 5.41) is 3.61. The van der Waals surface area contributed by atoms with Crippen LogP contribution in [-0.4, -0.2) is 12.6 Å². The Morgan fingerprint density at radius 3 is 2.67 bits per heavy atom. The van der Waals surface area contributed by atoms with Crippen molar-refractivity contribution in [3.8, 4) is 0 Å². The van der Waals surface area contributed by atoms with E-state index in [-0.39, 0.29) is 0 Å². The van der Waals surface area contributed by atoms with Crippen LogP contribution in [0.1, 0.15) is 46.5 Å². The van der Waals surface area contributed by atoms with Crippen LogP contribution < -0.4 is 5.32 Å². The molecule has 2 unspecified atom stereocenters. The first-order valence-corrected chi connectivity index (χ1v) is 5.47. The van der Waals surface area contributed by atoms with Gasteiger partial charge in [-0.1, -0.05) is 27.2 Å². The summed E-state index contributed by atoms with van der Waals surface area (Å²) < 4.78 is 0. The molecule has 0 saturated heterocycles. The van der Waals surface area contributed by atoms with Crippen LogP contribution in [0.2, 0.25) is 0 Å². The summed E-state index contributed by atoms with van der Waals surface area (Å²) in [5.41, 5.74) is 0. The molecule has 1 rings (SSSR count). The van der Waals surface area contributed by atoms with E-state index < -0.39 is 0 Å². The zero-order valence-electron chi connectivity index (χ0n) is 8.77. The Bertz CT molecular complexity index is 120. The Hall–Kier alpha value is -0.0400. The Balaban J connectivity index is 1.84. The van der Waals surface area contributed by atoms with E-state index in [4.69, 9.17) is 0 Å². The summed E-state index contributed by atoms with van der Waals surface area (Å²) >= 11 is 0. The first kappa shape index (κ1) is 10.0. The van der Waals surface area contributed by atoms with E-state index >= 15 is 0 Å². The molecule has 2 atom stereocenters. The van der Waals surface area contributed by atoms with Gasteiger partial charge in [-0.25, -0.2) is 0 Å². The van der Waals surface area contributed by atoms with Crippen molar-refractivity contribution in [3.05, 3.63) is 0 Å². The fourth-order valence-corrected chi connectivity index (χ4v) is 1.75. The second-order valence-corrected chi connectivity index (χ2v) is 4.50. The second kappa shape index (κ2) is 4.86. The van der Waals surface area contributed by atoms with Crippen LogP contribution in [-0.2, 0) is 0 Å². The maximum atomic E-state index is 3.61. The SMILES string of the molecule is CCC1CC1NCCCC(C)C. The van der Waals surface area contributed by atoms with Gasteiger partial charge in [-0.2, -0.15) is 0 Å². The quantitative estimate of drug-likeness (QED) is 0.603. The number of hydrogen-bond acceptors (Lipinski definition) is 1. The van der Waals surface area contributed by atoms with Crippen LogP contribution >= 0.6 is 0 Å². The molecule has 1 aliphatic rings. The average molecular weight is 169 g/mol. The van der Waals surface area contributed by atoms with Gasteiger partial charge in [0.2, 0.25) is 0 Å². The molecule has 0 bridgehead atoms. The van der Waals surface area contributed by atoms with Crippen LogP contribution in [0.3, 0.4) is 0 Å². The van der Waals surface area contributed by atoms with Gasteiger partial charge in [0.1, 0.15) is 0 Å². The molecule has 1 saturated carbocycles. The minimum atomic E-state index is 0.868. The van der Waals surface area contributed by atoms with Gasteiger partial charge in [-0.3, -0.25) is 0 Å². The van der Waals surface area contributed by atoms with Crippen molar-refractivity contribution in [3.63, 3.8) is 0 Å². The molecule has 1 nitrogen and oxygen atoms in total. The molecule has 0 amide bonds. The molecule has 0 spiro atoms. The van der Waals surface area contributed by atoms with Gasteiger partial charge < -0.3 is 5.32 Å². The summed E-state index contributed by atoms with van der Waals surface area (Å²) in [6.07, 6.45) is 5.52. The molecule has 0 aliphatic heterocycles. The highest BCUT2D eigenvalue weighted by Gasteiger charge is 2.34. The molecule has 0 heterocycles. The monoisotopic (exact) mass is 169 g/mol. The lowest BCUT2D eigenvalue weighted by atomic mass is 10.1. The summed E-state index contributed by atoms with van der Waals surface area (Å²) in [6.45, 7) is 8.12. The Morgan fingerprint density at radius 2 is 2.17 bits per heavy atom. The maximum Gasteiger partial charge on any atom is 0.00990 e. The second-order valence-electron chi connectivity index (χ2n) is 4.50. The Labute approximate surface area is 76.9 Å². The summed E-state index contributed by atoms with van der Waals surface area (Å²) in [4.78, 5) is 0. The molecule has 72 valence electrons. The van der Waals surface area contributed by atoms with E-state index in [1.54, 1.807) is 0 Å². The van der Waals surface area contributed by atoms with Crippen molar-refractivity contribution in [1.29, 1.82) is 0 Å². The third kappa shape index (κ3) is 3.57. The summed E-state index contributed by atoms with van der Waals surface area (Å²) in [5.74, 6) is 1.87. The van der Waals surface area contributed by atoms with Gasteiger partial charge in [0.15, 0.2) is 0 Å². The molecule has 0 radical (unpaired) electrons. The highest BCUT2D eigenvalue weighted by molar-refractivity contribution is 4.91. The van der Waals surface area contributed by atoms with E-state index in [2.05, 4.69) is 26.1 Å². The first-order valence-electron chi connectivity index (χ1n) is 5.47. The van der Waals surface area contributed by atoms with E-state index in [9.17, 15) is 0 Å². The zero-order chi connectivity index (χ0) is 8.97. The van der Waals surface area contributed by atoms with E-state index in [0.717, 1.165) is 17.9 Å². The lowest BCUT2D eigenvalue weighted by Crippen LogP contribution is -2.19. The molecule has 12 heavy (non-hydrogen) atoms. The Morgan fingerprint density at radius 1 is 1.42 bits per heavy atom. The van der Waals surface area contributed by atoms with E-state index in [1.807, 2.05) is 0 Å². The molecule has 1 fully saturated rings. The topological polar surface area (TPSA) is 12.0 Å². The molecule has 1 heteroatoms. The van der Waals surface area contributed by atoms with Crippen LogP contribution in [0, 0.1) is 11.8 Å². The van der Waals surface area contributed by atoms with Crippen molar-refractivity contribution in [2.75, 3.05) is 6.54 Å². The third-order valence-corrected chi connectivity index (χ3v) is 2.81. The zero-order valence-corrected chi connectivity index (χ0v) is 8.77. The predicted octanol–water partition coefficient (Wildman–Crippen LogP) is 2.81. The van der Waals surface area contributed by atoms with Crippen molar-refractivity contribution in [2.45, 2.75) is 52.5 Å². The third-order valence-electron chi connectivity index (χ3n) is 2.81. The molecule has 1 aliphatic carbocycles. The molecular formula is C11H23N. The van der Waals surface area contributed by atoms with Crippen molar-refractivity contribution < 1.29 is 0 Å². The Kier molecular flexibility index (Phi) is 4.07. The first-order chi connectivity index (χ1) is 5.74. The number of rotatable bonds is 6. The van der Waals surface area contributed by atoms with Gasteiger partial charge in [0.25, 0.3) is 0 Å². The number of hydrogen-bond donors (Lipinski definition) is 1. The highest BCUT2D eigenvalue weighted by Crippen LogP contribution is 2.32. The van der Waals surface area contributed by atoms with Crippen molar-refractivity contribution >= 4 is 0 Å². The van der Waals surface area contributed by atoms with Crippen LogP contribution in [0.25, 0.3) is 0 Å². The molecule has 0 aromatic carbocycles. The largest absolute Gasteiger partial charge is 0.314 e. The van der Waals surface area contributed by atoms with E-state index in [1.165, 1.54) is 32.2 Å². The average Bonchev–Trinajstić information content (AvgIpc) is 2.76. The normalized spacial score (nSPS) is 28.0. The summed E-state index contributed by atoms with van der Waals surface area (Å²) in [6, 6.07) is 0.877. The van der Waals surface area contributed by atoms with Crippen LogP contribution in [0.5, 0.6) is 0 Å². The van der Waals surface area contributed by atoms with Gasteiger partial charge in [-0.05, 0) is 37.6 Å². The lowest BCUT2D eigenvalue weighted by Gasteiger charge is -2.05. The van der Waals surface area contributed by atoms with Gasteiger partial charge >= 0.3 is 0 Å². The minimum absolute atomic E-state index is 0.868. The van der Waals surface area contributed by atoms with Gasteiger partial charge in [0.05, 0.1) is 0 Å². The van der Waals surface area contributed by atoms with Crippen molar-refractivity contribution in [1.82, 2.24) is 5.32 Å². The molecule has 0 aromatic heterocycles. The van der Waals surface area contributed by atoms with Gasteiger partial charge in [-0.15, -0.1) is 0 Å². The minimum Gasteiger partial charge on any atom is -0.314 e. The van der Waals surface area contributed by atoms with Crippen molar-refractivity contribution in [2.24, 2.45) is 11.8 Å². The maximum absolute atomic E-state index is 3.61. The standard InChI is InChI=1S/C11H23N/c1-4-10-8-11(10)12-7-5-6-9(2)3/h9-12H,4-8H2,1-3H3. The lowest BCUT2D eigenvalue weighted by molar-refractivity contribution is 0.517. The summed E-state index contributed by atoms with van der Waals surface area (Å²) in [7, 11) is 0. The number of nitrogens with one attached hydrogen (secondary N) is 1. The predicted molar refractivity (Wildman–Crippen MR) is 54.3 cm³/mol. The molecular weight excluding hydrogens is 146 g/mol. The highest BCUT2D eigenvalue weighted by atomic mass is 15.0. The van der Waals surface area contributed by atoms with E-state index in [0.29, 0.717) is 0 Å². The molecule has 0 aromatic rings. The smallest absolute Gasteiger partial charge is 0.00990 e. The fourth-order valence-electron chi connectivity index (χ4n) is 1.75. The van der Waals surface area contributed by atoms with Crippen LogP contribution in [0.4, 0.5) is 0 Å². The fraction of sp³-hybridized carbons (Fsp3) is 1.00. The van der Waals surface area contributed by atoms with Crippen LogP contribution in [0.15, 0.2) is 0 Å². The van der Waals surface area contributed by atoms with Gasteiger partial charge in [0, 0.05) is 6.04 Å². The molecule has 1 N–H and O–H groups in total.